The average Bonchev–Trinajstić information content (AvgIpc) is 3.23. The van der Waals surface area contributed by atoms with Crippen molar-refractivity contribution < 1.29 is 13.2 Å². The molecule has 4 aromatic carbocycles. The number of fused-ring (bicyclic) bond motifs is 3. The highest BCUT2D eigenvalue weighted by Crippen LogP contribution is 2.32. The molecule has 39 heavy (non-hydrogen) atoms. The van der Waals surface area contributed by atoms with Gasteiger partial charge >= 0.3 is 0 Å². The van der Waals surface area contributed by atoms with Gasteiger partial charge in [0.15, 0.2) is 0 Å². The Bertz CT molecular complexity index is 1780. The Morgan fingerprint density at radius 3 is 2.21 bits per heavy atom. The Balaban J connectivity index is 1.47. The van der Waals surface area contributed by atoms with E-state index in [1.807, 2.05) is 36.4 Å². The summed E-state index contributed by atoms with van der Waals surface area (Å²) in [4.78, 5) is 13.3. The van der Waals surface area contributed by atoms with Gasteiger partial charge in [-0.15, -0.1) is 0 Å². The molecule has 200 valence electrons. The maximum Gasteiger partial charge on any atom is 0.243 e. The summed E-state index contributed by atoms with van der Waals surface area (Å²) in [6.07, 6.45) is 0. The maximum atomic E-state index is 13.6. The fourth-order valence-electron chi connectivity index (χ4n) is 4.67. The topological polar surface area (TPSA) is 71.4 Å². The van der Waals surface area contributed by atoms with Crippen molar-refractivity contribution in [3.05, 3.63) is 106 Å². The number of amides is 1. The Hall–Kier alpha value is -3.07. The highest BCUT2D eigenvalue weighted by molar-refractivity contribution is 7.89. The molecule has 5 rings (SSSR count). The number of nitrogens with zero attached hydrogens (tertiary/aromatic N) is 2. The molecule has 0 atom stereocenters. The molecule has 0 bridgehead atoms. The van der Waals surface area contributed by atoms with Crippen LogP contribution in [0.2, 0.25) is 15.1 Å². The lowest BCUT2D eigenvalue weighted by Gasteiger charge is -2.23. The molecule has 0 spiro atoms. The van der Waals surface area contributed by atoms with E-state index >= 15 is 0 Å². The molecule has 5 aromatic rings. The van der Waals surface area contributed by atoms with Crippen molar-refractivity contribution in [1.29, 1.82) is 0 Å². The summed E-state index contributed by atoms with van der Waals surface area (Å²) >= 11 is 18.7. The van der Waals surface area contributed by atoms with E-state index in [1.54, 1.807) is 18.2 Å². The van der Waals surface area contributed by atoms with Gasteiger partial charge in [-0.05, 0) is 67.6 Å². The second-order valence-electron chi connectivity index (χ2n) is 8.97. The summed E-state index contributed by atoms with van der Waals surface area (Å²) in [6, 6.07) is 24.4. The number of aromatic nitrogens is 1. The van der Waals surface area contributed by atoms with E-state index in [9.17, 15) is 13.2 Å². The minimum absolute atomic E-state index is 0.00308. The summed E-state index contributed by atoms with van der Waals surface area (Å²) in [6.45, 7) is 2.24. The predicted molar refractivity (Wildman–Crippen MR) is 159 cm³/mol. The lowest BCUT2D eigenvalue weighted by atomic mass is 10.1. The van der Waals surface area contributed by atoms with E-state index in [0.717, 1.165) is 32.7 Å². The first-order valence-electron chi connectivity index (χ1n) is 12.2. The zero-order valence-electron chi connectivity index (χ0n) is 20.9. The number of hydrogen-bond donors (Lipinski definition) is 1. The van der Waals surface area contributed by atoms with Crippen LogP contribution >= 0.6 is 34.8 Å². The van der Waals surface area contributed by atoms with Gasteiger partial charge in [0.2, 0.25) is 15.9 Å². The van der Waals surface area contributed by atoms with Crippen molar-refractivity contribution in [3.63, 3.8) is 0 Å². The molecule has 0 aliphatic rings. The zero-order chi connectivity index (χ0) is 27.7. The van der Waals surface area contributed by atoms with Crippen molar-refractivity contribution in [2.24, 2.45) is 0 Å². The molecule has 0 fully saturated rings. The van der Waals surface area contributed by atoms with E-state index in [-0.39, 0.29) is 11.4 Å². The molecule has 0 saturated heterocycles. The van der Waals surface area contributed by atoms with E-state index in [1.165, 1.54) is 24.3 Å². The smallest absolute Gasteiger partial charge is 0.243 e. The first-order chi connectivity index (χ1) is 18.7. The van der Waals surface area contributed by atoms with Gasteiger partial charge in [-0.1, -0.05) is 59.1 Å². The van der Waals surface area contributed by atoms with Crippen molar-refractivity contribution in [3.8, 4) is 0 Å². The number of halogens is 3. The standard InChI is InChI=1S/C29H24Cl3N3O3S/c1-2-35-27-9-4-3-6-22(27)23-16-20(12-15-28(23)35)33-29(36)18-34(17-24-25(31)7-5-8-26(24)32)39(37,38)21-13-10-19(30)11-14-21/h3-16H,2,17-18H2,1H3,(H,33,36). The number of hydrogen-bond acceptors (Lipinski definition) is 3. The van der Waals surface area contributed by atoms with Crippen LogP contribution in [0.15, 0.2) is 89.8 Å². The number of sulfonamides is 1. The van der Waals surface area contributed by atoms with E-state index in [4.69, 9.17) is 34.8 Å². The van der Waals surface area contributed by atoms with Gasteiger partial charge in [0.1, 0.15) is 0 Å². The quantitative estimate of drug-likeness (QED) is 0.199. The minimum Gasteiger partial charge on any atom is -0.341 e. The molecular formula is C29H24Cl3N3O3S. The largest absolute Gasteiger partial charge is 0.341 e. The number of para-hydroxylation sites is 1. The summed E-state index contributed by atoms with van der Waals surface area (Å²) in [7, 11) is -4.11. The summed E-state index contributed by atoms with van der Waals surface area (Å²) in [5.41, 5.74) is 3.12. The predicted octanol–water partition coefficient (Wildman–Crippen LogP) is 7.60. The monoisotopic (exact) mass is 599 g/mol. The van der Waals surface area contributed by atoms with Crippen molar-refractivity contribution in [1.82, 2.24) is 8.87 Å². The van der Waals surface area contributed by atoms with E-state index < -0.39 is 22.5 Å². The second-order valence-corrected chi connectivity index (χ2v) is 12.2. The van der Waals surface area contributed by atoms with Gasteiger partial charge in [0.25, 0.3) is 0 Å². The fourth-order valence-corrected chi connectivity index (χ4v) is 6.68. The third kappa shape index (κ3) is 5.51. The lowest BCUT2D eigenvalue weighted by Crippen LogP contribution is -2.37. The van der Waals surface area contributed by atoms with Crippen molar-refractivity contribution in [2.45, 2.75) is 24.9 Å². The minimum atomic E-state index is -4.11. The number of nitrogens with one attached hydrogen (secondary N) is 1. The van der Waals surface area contributed by atoms with Crippen molar-refractivity contribution >= 4 is 78.2 Å². The molecule has 6 nitrogen and oxygen atoms in total. The Labute approximate surface area is 241 Å². The number of anilines is 1. The van der Waals surface area contributed by atoms with Crippen LogP contribution in [0.1, 0.15) is 12.5 Å². The maximum absolute atomic E-state index is 13.6. The summed E-state index contributed by atoms with van der Waals surface area (Å²) in [5, 5.41) is 5.94. The normalized spacial score (nSPS) is 11.9. The first kappa shape index (κ1) is 27.5. The molecule has 0 saturated carbocycles. The van der Waals surface area contributed by atoms with Gasteiger partial charge in [-0.25, -0.2) is 8.42 Å². The molecule has 0 unspecified atom stereocenters. The molecule has 0 aliphatic carbocycles. The van der Waals surface area contributed by atoms with Crippen LogP contribution in [0.3, 0.4) is 0 Å². The van der Waals surface area contributed by atoms with Crippen LogP contribution in [-0.2, 0) is 27.9 Å². The Kier molecular flexibility index (Phi) is 7.89. The van der Waals surface area contributed by atoms with Crippen LogP contribution in [-0.4, -0.2) is 29.7 Å². The average molecular weight is 601 g/mol. The zero-order valence-corrected chi connectivity index (χ0v) is 23.9. The third-order valence-corrected chi connectivity index (χ3v) is 9.31. The number of carbonyl (C=O) groups excluding carboxylic acids is 1. The van der Waals surface area contributed by atoms with Gasteiger partial charge in [-0.3, -0.25) is 4.79 Å². The number of rotatable bonds is 8. The molecular weight excluding hydrogens is 577 g/mol. The van der Waals surface area contributed by atoms with Gasteiger partial charge in [0, 0.05) is 61.2 Å². The molecule has 0 radical (unpaired) electrons. The Morgan fingerprint density at radius 2 is 1.51 bits per heavy atom. The van der Waals surface area contributed by atoms with Crippen LogP contribution in [0.25, 0.3) is 21.8 Å². The van der Waals surface area contributed by atoms with Gasteiger partial charge in [-0.2, -0.15) is 4.31 Å². The highest BCUT2D eigenvalue weighted by Gasteiger charge is 2.28. The highest BCUT2D eigenvalue weighted by atomic mass is 35.5. The number of benzene rings is 4. The van der Waals surface area contributed by atoms with Crippen LogP contribution in [0, 0.1) is 0 Å². The molecule has 0 aliphatic heterocycles. The molecule has 10 heteroatoms. The summed E-state index contributed by atoms with van der Waals surface area (Å²) in [5.74, 6) is -0.505. The molecule has 1 amide bonds. The van der Waals surface area contributed by atoms with E-state index in [2.05, 4.69) is 22.9 Å². The first-order valence-corrected chi connectivity index (χ1v) is 14.8. The number of aryl methyl sites for hydroxylation is 1. The molecule has 1 heterocycles. The van der Waals surface area contributed by atoms with Gasteiger partial charge in [0.05, 0.1) is 11.4 Å². The van der Waals surface area contributed by atoms with Gasteiger partial charge < -0.3 is 9.88 Å². The molecule has 1 N–H and O–H groups in total. The van der Waals surface area contributed by atoms with Crippen LogP contribution in [0.4, 0.5) is 5.69 Å². The number of carbonyl (C=O) groups is 1. The molecule has 1 aromatic heterocycles. The van der Waals surface area contributed by atoms with Crippen molar-refractivity contribution in [2.75, 3.05) is 11.9 Å². The summed E-state index contributed by atoms with van der Waals surface area (Å²) < 4.78 is 30.5. The van der Waals surface area contributed by atoms with E-state index in [0.29, 0.717) is 26.3 Å². The lowest BCUT2D eigenvalue weighted by molar-refractivity contribution is -0.116. The van der Waals surface area contributed by atoms with Crippen LogP contribution in [0.5, 0.6) is 0 Å². The Morgan fingerprint density at radius 1 is 0.846 bits per heavy atom. The van der Waals surface area contributed by atoms with Crippen LogP contribution < -0.4 is 5.32 Å². The third-order valence-electron chi connectivity index (χ3n) is 6.54. The fraction of sp³-hybridized carbons (Fsp3) is 0.138. The SMILES string of the molecule is CCn1c2ccccc2c2cc(NC(=O)CN(Cc3c(Cl)cccc3Cl)S(=O)(=O)c3ccc(Cl)cc3)ccc21. The second kappa shape index (κ2) is 11.2.